The maximum absolute atomic E-state index is 12.7. The summed E-state index contributed by atoms with van der Waals surface area (Å²) in [6.07, 6.45) is 1.64. The van der Waals surface area contributed by atoms with Crippen LogP contribution in [0.2, 0.25) is 0 Å². The molecule has 1 atom stereocenters. The van der Waals surface area contributed by atoms with Crippen LogP contribution in [0.25, 0.3) is 0 Å². The van der Waals surface area contributed by atoms with Gasteiger partial charge in [0.15, 0.2) is 0 Å². The van der Waals surface area contributed by atoms with E-state index < -0.39 is 29.7 Å². The average molecular weight is 341 g/mol. The summed E-state index contributed by atoms with van der Waals surface area (Å²) in [5.74, 6) is 1.24. The lowest BCUT2D eigenvalue weighted by Gasteiger charge is -2.16. The highest BCUT2D eigenvalue weighted by molar-refractivity contribution is 5.85. The van der Waals surface area contributed by atoms with Crippen LogP contribution in [0.5, 0.6) is 0 Å². The number of carbonyl (C=O) groups is 2. The molecule has 1 aromatic carbocycles. The minimum atomic E-state index is -4.48. The van der Waals surface area contributed by atoms with Crippen molar-refractivity contribution >= 4 is 11.9 Å². The molecule has 1 N–H and O–H groups in total. The molecule has 0 heterocycles. The van der Waals surface area contributed by atoms with E-state index in [1.54, 1.807) is 0 Å². The highest BCUT2D eigenvalue weighted by Crippen LogP contribution is 2.29. The standard InChI is InChI=1S/C17H18F3NO3/c1-3-4-5-9-14(16(23)24-2)21-15(22)11-12-7-6-8-13(10-12)17(18,19)20/h1,6-8,10,14H,4-5,9,11H2,2H3,(H,21,22)/t14-/m1/s1. The topological polar surface area (TPSA) is 55.4 Å². The number of benzene rings is 1. The van der Waals surface area contributed by atoms with Crippen LogP contribution in [-0.2, 0) is 26.9 Å². The molecule has 1 aromatic rings. The Morgan fingerprint density at radius 2 is 2.08 bits per heavy atom. The number of nitrogens with one attached hydrogen (secondary N) is 1. The second-order valence-corrected chi connectivity index (χ2v) is 5.11. The Morgan fingerprint density at radius 1 is 1.38 bits per heavy atom. The first-order chi connectivity index (χ1) is 11.3. The van der Waals surface area contributed by atoms with Crippen molar-refractivity contribution < 1.29 is 27.5 Å². The van der Waals surface area contributed by atoms with Gasteiger partial charge in [-0.25, -0.2) is 4.79 Å². The number of methoxy groups -OCH3 is 1. The maximum Gasteiger partial charge on any atom is 0.416 e. The second-order valence-electron chi connectivity index (χ2n) is 5.11. The third-order valence-corrected chi connectivity index (χ3v) is 3.25. The molecule has 0 saturated carbocycles. The molecular weight excluding hydrogens is 323 g/mol. The molecule has 0 fully saturated rings. The number of amides is 1. The van der Waals surface area contributed by atoms with Gasteiger partial charge in [0.1, 0.15) is 6.04 Å². The lowest BCUT2D eigenvalue weighted by atomic mass is 10.1. The highest BCUT2D eigenvalue weighted by Gasteiger charge is 2.30. The number of hydrogen-bond donors (Lipinski definition) is 1. The Balaban J connectivity index is 2.72. The maximum atomic E-state index is 12.7. The van der Waals surface area contributed by atoms with Gasteiger partial charge in [0.25, 0.3) is 0 Å². The molecule has 0 aromatic heterocycles. The number of rotatable bonds is 7. The smallest absolute Gasteiger partial charge is 0.416 e. The zero-order chi connectivity index (χ0) is 18.2. The van der Waals surface area contributed by atoms with Crippen molar-refractivity contribution in [3.8, 4) is 12.3 Å². The molecule has 24 heavy (non-hydrogen) atoms. The van der Waals surface area contributed by atoms with E-state index >= 15 is 0 Å². The molecule has 0 aliphatic heterocycles. The second kappa shape index (κ2) is 8.96. The van der Waals surface area contributed by atoms with Gasteiger partial charge < -0.3 is 10.1 Å². The lowest BCUT2D eigenvalue weighted by molar-refractivity contribution is -0.145. The Hall–Kier alpha value is -2.49. The third kappa shape index (κ3) is 6.32. The summed E-state index contributed by atoms with van der Waals surface area (Å²) >= 11 is 0. The molecule has 1 rings (SSSR count). The van der Waals surface area contributed by atoms with Gasteiger partial charge in [0.2, 0.25) is 5.91 Å². The van der Waals surface area contributed by atoms with E-state index in [2.05, 4.69) is 16.0 Å². The monoisotopic (exact) mass is 341 g/mol. The minimum Gasteiger partial charge on any atom is -0.467 e. The van der Waals surface area contributed by atoms with E-state index in [1.165, 1.54) is 19.2 Å². The predicted octanol–water partition coefficient (Wildman–Crippen LogP) is 2.71. The van der Waals surface area contributed by atoms with E-state index in [-0.39, 0.29) is 12.0 Å². The Bertz CT molecular complexity index is 620. The summed E-state index contributed by atoms with van der Waals surface area (Å²) in [7, 11) is 1.19. The van der Waals surface area contributed by atoms with Crippen molar-refractivity contribution in [2.24, 2.45) is 0 Å². The van der Waals surface area contributed by atoms with Gasteiger partial charge >= 0.3 is 12.1 Å². The molecule has 0 radical (unpaired) electrons. The van der Waals surface area contributed by atoms with E-state index in [4.69, 9.17) is 6.42 Å². The first kappa shape index (κ1) is 19.6. The largest absolute Gasteiger partial charge is 0.467 e. The average Bonchev–Trinajstić information content (AvgIpc) is 2.52. The van der Waals surface area contributed by atoms with Crippen molar-refractivity contribution in [1.82, 2.24) is 5.32 Å². The molecule has 0 bridgehead atoms. The highest BCUT2D eigenvalue weighted by atomic mass is 19.4. The third-order valence-electron chi connectivity index (χ3n) is 3.25. The zero-order valence-electron chi connectivity index (χ0n) is 13.2. The molecule has 0 spiro atoms. The molecule has 1 amide bonds. The van der Waals surface area contributed by atoms with Crippen molar-refractivity contribution in [3.63, 3.8) is 0 Å². The number of hydrogen-bond acceptors (Lipinski definition) is 3. The number of halogens is 3. The fourth-order valence-electron chi connectivity index (χ4n) is 2.09. The van der Waals surface area contributed by atoms with Crippen molar-refractivity contribution in [2.75, 3.05) is 7.11 Å². The van der Waals surface area contributed by atoms with Gasteiger partial charge in [0.05, 0.1) is 19.1 Å². The number of alkyl halides is 3. The van der Waals surface area contributed by atoms with Crippen molar-refractivity contribution in [1.29, 1.82) is 0 Å². The van der Waals surface area contributed by atoms with Gasteiger partial charge in [-0.15, -0.1) is 12.3 Å². The summed E-state index contributed by atoms with van der Waals surface area (Å²) in [6, 6.07) is 3.61. The Morgan fingerprint density at radius 3 is 2.67 bits per heavy atom. The molecule has 130 valence electrons. The minimum absolute atomic E-state index is 0.203. The number of terminal acetylenes is 1. The van der Waals surface area contributed by atoms with Crippen LogP contribution in [0.3, 0.4) is 0 Å². The van der Waals surface area contributed by atoms with Crippen LogP contribution in [0.4, 0.5) is 13.2 Å². The van der Waals surface area contributed by atoms with Crippen LogP contribution in [0.15, 0.2) is 24.3 Å². The molecule has 0 unspecified atom stereocenters. The molecular formula is C17H18F3NO3. The molecule has 0 saturated heterocycles. The number of carbonyl (C=O) groups excluding carboxylic acids is 2. The quantitative estimate of drug-likeness (QED) is 0.471. The summed E-state index contributed by atoms with van der Waals surface area (Å²) in [6.45, 7) is 0. The number of ether oxygens (including phenoxy) is 1. The molecule has 0 aliphatic carbocycles. The molecule has 4 nitrogen and oxygen atoms in total. The van der Waals surface area contributed by atoms with Gasteiger partial charge in [-0.05, 0) is 24.5 Å². The first-order valence-electron chi connectivity index (χ1n) is 7.24. The zero-order valence-corrected chi connectivity index (χ0v) is 13.2. The predicted molar refractivity (Wildman–Crippen MR) is 81.8 cm³/mol. The summed E-state index contributed by atoms with van der Waals surface area (Å²) in [5, 5.41) is 2.47. The normalized spacial score (nSPS) is 12.1. The van der Waals surface area contributed by atoms with Gasteiger partial charge in [-0.3, -0.25) is 4.79 Å². The lowest BCUT2D eigenvalue weighted by Crippen LogP contribution is -2.42. The van der Waals surface area contributed by atoms with Crippen molar-refractivity contribution in [2.45, 2.75) is 37.9 Å². The molecule has 0 aliphatic rings. The summed E-state index contributed by atoms with van der Waals surface area (Å²) in [5.41, 5.74) is -0.624. The van der Waals surface area contributed by atoms with Crippen LogP contribution >= 0.6 is 0 Å². The van der Waals surface area contributed by atoms with E-state index in [0.717, 1.165) is 12.1 Å². The van der Waals surface area contributed by atoms with Crippen LogP contribution in [-0.4, -0.2) is 25.0 Å². The number of esters is 1. The fourth-order valence-corrected chi connectivity index (χ4v) is 2.09. The molecule has 7 heteroatoms. The van der Waals surface area contributed by atoms with Crippen LogP contribution in [0.1, 0.15) is 30.4 Å². The van der Waals surface area contributed by atoms with E-state index in [9.17, 15) is 22.8 Å². The number of unbranched alkanes of at least 4 members (excludes halogenated alkanes) is 1. The Labute approximate surface area is 138 Å². The summed E-state index contributed by atoms with van der Waals surface area (Å²) in [4.78, 5) is 23.6. The Kier molecular flexibility index (Phi) is 7.31. The fraction of sp³-hybridized carbons (Fsp3) is 0.412. The van der Waals surface area contributed by atoms with E-state index in [1.807, 2.05) is 0 Å². The first-order valence-corrected chi connectivity index (χ1v) is 7.24. The van der Waals surface area contributed by atoms with E-state index in [0.29, 0.717) is 19.3 Å². The summed E-state index contributed by atoms with van der Waals surface area (Å²) < 4.78 is 42.6. The van der Waals surface area contributed by atoms with Gasteiger partial charge in [0, 0.05) is 6.42 Å². The van der Waals surface area contributed by atoms with Gasteiger partial charge in [-0.2, -0.15) is 13.2 Å². The van der Waals surface area contributed by atoms with Crippen molar-refractivity contribution in [3.05, 3.63) is 35.4 Å². The van der Waals surface area contributed by atoms with Crippen LogP contribution in [0, 0.1) is 12.3 Å². The van der Waals surface area contributed by atoms with Crippen LogP contribution < -0.4 is 5.32 Å². The SMILES string of the molecule is C#CCCC[C@@H](NC(=O)Cc1cccc(C(F)(F)F)c1)C(=O)OC. The van der Waals surface area contributed by atoms with Gasteiger partial charge in [-0.1, -0.05) is 18.2 Å².